The Bertz CT molecular complexity index is 549. The van der Waals surface area contributed by atoms with Crippen molar-refractivity contribution in [2.75, 3.05) is 6.26 Å². The zero-order chi connectivity index (χ0) is 15.9. The van der Waals surface area contributed by atoms with Gasteiger partial charge in [-0.15, -0.1) is 0 Å². The summed E-state index contributed by atoms with van der Waals surface area (Å²) in [5.74, 6) is -2.97. The van der Waals surface area contributed by atoms with Crippen LogP contribution in [0.4, 0.5) is 0 Å². The Morgan fingerprint density at radius 3 is 2.35 bits per heavy atom. The lowest BCUT2D eigenvalue weighted by Crippen LogP contribution is -2.46. The molecule has 0 aromatic carbocycles. The molecule has 0 bridgehead atoms. The van der Waals surface area contributed by atoms with E-state index in [0.717, 1.165) is 13.2 Å². The third-order valence-electron chi connectivity index (χ3n) is 2.51. The van der Waals surface area contributed by atoms with Crippen LogP contribution in [0.25, 0.3) is 5.53 Å². The molecule has 0 fully saturated rings. The maximum atomic E-state index is 11.6. The fourth-order valence-electron chi connectivity index (χ4n) is 1.16. The highest BCUT2D eigenvalue weighted by molar-refractivity contribution is 7.92. The second-order valence-corrected chi connectivity index (χ2v) is 6.49. The molecule has 0 saturated carbocycles. The summed E-state index contributed by atoms with van der Waals surface area (Å²) < 4.78 is 22.3. The molecule has 0 saturated heterocycles. The second-order valence-electron chi connectivity index (χ2n) is 4.12. The van der Waals surface area contributed by atoms with Crippen molar-refractivity contribution in [3.8, 4) is 0 Å². The Morgan fingerprint density at radius 2 is 1.95 bits per heavy atom. The predicted octanol–water partition coefficient (Wildman–Crippen LogP) is -1.36. The van der Waals surface area contributed by atoms with E-state index in [1.54, 1.807) is 0 Å². The highest BCUT2D eigenvalue weighted by Crippen LogP contribution is 2.03. The molecule has 0 spiro atoms. The largest absolute Gasteiger partial charge is 0.480 e. The number of nitrogens with one attached hydrogen (secondary N) is 1. The summed E-state index contributed by atoms with van der Waals surface area (Å²) in [6.45, 7) is 1.13. The maximum Gasteiger partial charge on any atom is 0.326 e. The van der Waals surface area contributed by atoms with Gasteiger partial charge >= 0.3 is 12.2 Å². The first-order valence-electron chi connectivity index (χ1n) is 5.52. The molecule has 0 unspecified atom stereocenters. The number of sulfone groups is 1. The lowest BCUT2D eigenvalue weighted by molar-refractivity contribution is -0.142. The van der Waals surface area contributed by atoms with E-state index in [9.17, 15) is 22.8 Å². The molecule has 9 nitrogen and oxygen atoms in total. The summed E-state index contributed by atoms with van der Waals surface area (Å²) in [5, 5.41) is 9.54. The molecule has 0 aliphatic carbocycles. The van der Waals surface area contributed by atoms with Crippen LogP contribution >= 0.6 is 0 Å². The van der Waals surface area contributed by atoms with Gasteiger partial charge in [-0.05, 0) is 13.3 Å². The first-order valence-corrected chi connectivity index (χ1v) is 7.47. The van der Waals surface area contributed by atoms with Gasteiger partial charge in [0.25, 0.3) is 0 Å². The van der Waals surface area contributed by atoms with Crippen LogP contribution in [0.1, 0.15) is 19.8 Å². The van der Waals surface area contributed by atoms with Gasteiger partial charge in [-0.25, -0.2) is 13.2 Å². The zero-order valence-corrected chi connectivity index (χ0v) is 11.8. The Kier molecular flexibility index (Phi) is 6.74. The van der Waals surface area contributed by atoms with E-state index in [2.05, 4.69) is 4.79 Å². The lowest BCUT2D eigenvalue weighted by atomic mass is 10.1. The van der Waals surface area contributed by atoms with Crippen LogP contribution in [-0.2, 0) is 24.2 Å². The van der Waals surface area contributed by atoms with Gasteiger partial charge < -0.3 is 16.0 Å². The van der Waals surface area contributed by atoms with E-state index in [1.807, 2.05) is 5.32 Å². The summed E-state index contributed by atoms with van der Waals surface area (Å²) >= 11 is 0. The number of aliphatic carboxylic acids is 1. The predicted molar refractivity (Wildman–Crippen MR) is 67.8 cm³/mol. The molecule has 1 amide bonds. The Hall–Kier alpha value is -2.06. The number of ketones is 1. The molecule has 0 aliphatic rings. The van der Waals surface area contributed by atoms with E-state index in [4.69, 9.17) is 10.6 Å². The fraction of sp³-hybridized carbons (Fsp3) is 0.600. The maximum absolute atomic E-state index is 11.6. The van der Waals surface area contributed by atoms with Crippen LogP contribution in [0.2, 0.25) is 0 Å². The van der Waals surface area contributed by atoms with Crippen LogP contribution in [0.5, 0.6) is 0 Å². The monoisotopic (exact) mass is 305 g/mol. The lowest BCUT2D eigenvalue weighted by Gasteiger charge is -2.16. The van der Waals surface area contributed by atoms with Gasteiger partial charge in [0.05, 0.1) is 0 Å². The van der Waals surface area contributed by atoms with Crippen LogP contribution in [0.3, 0.4) is 0 Å². The number of Topliss-reactive ketones (excluding diaryl/α,β-unsaturated/α-hetero) is 1. The quantitative estimate of drug-likeness (QED) is 0.320. The van der Waals surface area contributed by atoms with Crippen LogP contribution in [0, 0.1) is 0 Å². The first-order chi connectivity index (χ1) is 9.09. The number of hydrogen-bond donors (Lipinski definition) is 2. The Morgan fingerprint density at radius 1 is 1.40 bits per heavy atom. The van der Waals surface area contributed by atoms with Crippen molar-refractivity contribution >= 4 is 33.7 Å². The fourth-order valence-corrected chi connectivity index (χ4v) is 1.61. The number of carbonyl (C=O) groups is 3. The van der Waals surface area contributed by atoms with E-state index in [1.165, 1.54) is 0 Å². The van der Waals surface area contributed by atoms with Crippen molar-refractivity contribution in [1.82, 2.24) is 5.32 Å². The molecule has 2 N–H and O–H groups in total. The third kappa shape index (κ3) is 6.21. The van der Waals surface area contributed by atoms with Gasteiger partial charge in [0.1, 0.15) is 11.3 Å². The number of nitrogens with zero attached hydrogens (tertiary/aromatic N) is 2. The average Bonchev–Trinajstić information content (AvgIpc) is 2.31. The van der Waals surface area contributed by atoms with E-state index >= 15 is 0 Å². The summed E-state index contributed by atoms with van der Waals surface area (Å²) in [7, 11) is -3.64. The molecule has 0 aromatic heterocycles. The number of carboxylic acids is 1. The van der Waals surface area contributed by atoms with Crippen LogP contribution in [0.15, 0.2) is 0 Å². The first kappa shape index (κ1) is 17.9. The molecule has 10 heteroatoms. The Labute approximate surface area is 115 Å². The van der Waals surface area contributed by atoms with E-state index in [-0.39, 0.29) is 12.8 Å². The zero-order valence-electron chi connectivity index (χ0n) is 10.9. The average molecular weight is 305 g/mol. The number of carbonyl (C=O) groups excluding carboxylic acids is 2. The molecule has 0 aromatic rings. The van der Waals surface area contributed by atoms with Gasteiger partial charge in [0.2, 0.25) is 11.7 Å². The highest BCUT2D eigenvalue weighted by atomic mass is 32.2. The van der Waals surface area contributed by atoms with Gasteiger partial charge in [-0.1, -0.05) is 0 Å². The summed E-state index contributed by atoms with van der Waals surface area (Å²) in [4.78, 5) is 36.0. The van der Waals surface area contributed by atoms with Gasteiger partial charge in [-0.3, -0.25) is 9.59 Å². The van der Waals surface area contributed by atoms with Crippen molar-refractivity contribution in [3.05, 3.63) is 5.53 Å². The minimum atomic E-state index is -3.64. The summed E-state index contributed by atoms with van der Waals surface area (Å²) in [5.41, 5.74) is 8.11. The van der Waals surface area contributed by atoms with Gasteiger partial charge in [0.15, 0.2) is 9.84 Å². The highest BCUT2D eigenvalue weighted by Gasteiger charge is 2.28. The molecule has 112 valence electrons. The summed E-state index contributed by atoms with van der Waals surface area (Å²) in [6, 6.07) is -1.40. The van der Waals surface area contributed by atoms with Crippen LogP contribution in [-0.4, -0.2) is 59.7 Å². The summed E-state index contributed by atoms with van der Waals surface area (Å²) in [6.07, 6.45) is 0.949. The minimum Gasteiger partial charge on any atom is -0.480 e. The van der Waals surface area contributed by atoms with Gasteiger partial charge in [0, 0.05) is 12.7 Å². The number of rotatable bonds is 8. The van der Waals surface area contributed by atoms with Crippen molar-refractivity contribution in [3.63, 3.8) is 0 Å². The number of amides is 1. The molecular weight excluding hydrogens is 290 g/mol. The van der Waals surface area contributed by atoms with Crippen LogP contribution < -0.4 is 5.32 Å². The molecule has 0 radical (unpaired) electrons. The normalized spacial score (nSPS) is 13.7. The van der Waals surface area contributed by atoms with E-state index in [0.29, 0.717) is 6.21 Å². The van der Waals surface area contributed by atoms with Crippen molar-refractivity contribution in [1.29, 1.82) is 0 Å². The third-order valence-corrected chi connectivity index (χ3v) is 4.01. The topological polar surface area (TPSA) is 154 Å². The van der Waals surface area contributed by atoms with Crippen molar-refractivity contribution < 1.29 is 32.7 Å². The molecule has 20 heavy (non-hydrogen) atoms. The Balaban J connectivity index is 4.72. The molecular formula is C10H15N3O6S. The van der Waals surface area contributed by atoms with Crippen molar-refractivity contribution in [2.24, 2.45) is 0 Å². The van der Waals surface area contributed by atoms with Gasteiger partial charge in [-0.2, -0.15) is 4.79 Å². The molecule has 0 aliphatic heterocycles. The molecule has 2 atom stereocenters. The standard InChI is InChI=1S/C10H15N3O6S/c1-6(20(2,18)19)9(15)13-8(10(16)17)4-3-7(14)5-12-11/h5-6,8H,3-4H2,1-2H3,(H,13,15)(H,16,17)/t6-,8-/m0/s1. The van der Waals surface area contributed by atoms with Crippen molar-refractivity contribution in [2.45, 2.75) is 31.1 Å². The number of carboxylic acid groups (broad SMARTS) is 1. The molecule has 0 heterocycles. The smallest absolute Gasteiger partial charge is 0.326 e. The SMILES string of the molecule is C[C@@H](C(=O)N[C@@H](CCC(=O)C=[N+]=[N-])C(=O)O)S(C)(=O)=O. The van der Waals surface area contributed by atoms with E-state index < -0.39 is 38.8 Å². The second kappa shape index (κ2) is 7.51. The number of hydrogen-bond acceptors (Lipinski definition) is 5. The molecule has 0 rings (SSSR count). The minimum absolute atomic E-state index is 0.248.